The molecule has 0 atom stereocenters. The molecule has 6 rings (SSSR count). The van der Waals surface area contributed by atoms with Crippen molar-refractivity contribution in [1.29, 1.82) is 0 Å². The number of anilines is 2. The molecule has 0 unspecified atom stereocenters. The van der Waals surface area contributed by atoms with E-state index in [1.54, 1.807) is 97.1 Å². The van der Waals surface area contributed by atoms with E-state index in [0.717, 1.165) is 0 Å². The van der Waals surface area contributed by atoms with E-state index in [0.29, 0.717) is 37.6 Å². The summed E-state index contributed by atoms with van der Waals surface area (Å²) in [5.74, 6) is -2.09. The minimum absolute atomic E-state index is 0.0565. The van der Waals surface area contributed by atoms with Gasteiger partial charge in [-0.1, -0.05) is 84.9 Å². The lowest BCUT2D eigenvalue weighted by Gasteiger charge is -2.18. The minimum Gasteiger partial charge on any atom is -0.502 e. The third kappa shape index (κ3) is 4.77. The first-order valence-electron chi connectivity index (χ1n) is 13.1. The number of benzene rings is 6. The Kier molecular flexibility index (Phi) is 6.78. The van der Waals surface area contributed by atoms with Gasteiger partial charge in [0.15, 0.2) is 11.5 Å². The highest BCUT2D eigenvalue weighted by Gasteiger charge is 2.32. The van der Waals surface area contributed by atoms with E-state index >= 15 is 0 Å². The third-order valence-corrected chi connectivity index (χ3v) is 6.94. The Morgan fingerprint density at radius 1 is 0.548 bits per heavy atom. The molecule has 0 fully saturated rings. The van der Waals surface area contributed by atoms with Crippen molar-refractivity contribution in [2.45, 2.75) is 0 Å². The van der Waals surface area contributed by atoms with Gasteiger partial charge in [0.05, 0.1) is 0 Å². The van der Waals surface area contributed by atoms with Crippen LogP contribution in [-0.4, -0.2) is 22.0 Å². The third-order valence-electron chi connectivity index (χ3n) is 6.94. The van der Waals surface area contributed by atoms with E-state index in [-0.39, 0.29) is 22.5 Å². The van der Waals surface area contributed by atoms with E-state index in [1.807, 2.05) is 12.1 Å². The number of para-hydroxylation sites is 2. The maximum Gasteiger partial charge on any atom is 0.263 e. The van der Waals surface area contributed by atoms with Gasteiger partial charge in [-0.05, 0) is 47.2 Å². The van der Waals surface area contributed by atoms with Crippen molar-refractivity contribution in [3.63, 3.8) is 0 Å². The molecule has 0 aliphatic heterocycles. The van der Waals surface area contributed by atoms with E-state index in [1.165, 1.54) is 12.1 Å². The van der Waals surface area contributed by atoms with Gasteiger partial charge in [0.2, 0.25) is 0 Å². The van der Waals surface area contributed by atoms with Crippen LogP contribution in [0.5, 0.6) is 11.5 Å². The number of phenols is 2. The van der Waals surface area contributed by atoms with Crippen molar-refractivity contribution in [1.82, 2.24) is 4.70 Å². The predicted molar refractivity (Wildman–Crippen MR) is 165 cm³/mol. The molecule has 8 heteroatoms. The number of hydrogen-bond acceptors (Lipinski definition) is 4. The van der Waals surface area contributed by atoms with Gasteiger partial charge in [0.25, 0.3) is 23.2 Å². The SMILES string of the molecule is [N-]=[N+](c1c(O)cc2ccccc2c1C(=O)Nc1ccccc1)c1c(O)cc2ccccc2c1C(=O)Nc1ccccc1. The topological polar surface area (TPSA) is 124 Å². The Morgan fingerprint density at radius 3 is 1.31 bits per heavy atom. The summed E-state index contributed by atoms with van der Waals surface area (Å²) >= 11 is 0. The molecule has 0 aromatic heterocycles. The number of fused-ring (bicyclic) bond motifs is 2. The van der Waals surface area contributed by atoms with Crippen molar-refractivity contribution in [3.05, 3.63) is 138 Å². The lowest BCUT2D eigenvalue weighted by Crippen LogP contribution is -2.18. The second-order valence-electron chi connectivity index (χ2n) is 9.63. The second kappa shape index (κ2) is 10.9. The Hall–Kier alpha value is -6.02. The summed E-state index contributed by atoms with van der Waals surface area (Å²) in [5, 5.41) is 30.1. The predicted octanol–water partition coefficient (Wildman–Crippen LogP) is 7.77. The first kappa shape index (κ1) is 26.2. The number of carbonyl (C=O) groups is 2. The van der Waals surface area contributed by atoms with Crippen molar-refractivity contribution in [3.8, 4) is 11.5 Å². The smallest absolute Gasteiger partial charge is 0.263 e. The molecule has 6 aromatic carbocycles. The van der Waals surface area contributed by atoms with Crippen molar-refractivity contribution < 1.29 is 19.8 Å². The van der Waals surface area contributed by atoms with Crippen LogP contribution >= 0.6 is 0 Å². The molecule has 8 nitrogen and oxygen atoms in total. The Balaban J connectivity index is 1.58. The molecule has 0 radical (unpaired) electrons. The largest absolute Gasteiger partial charge is 0.502 e. The first-order chi connectivity index (χ1) is 20.4. The molecule has 204 valence electrons. The van der Waals surface area contributed by atoms with Crippen LogP contribution in [0.1, 0.15) is 20.7 Å². The average molecular weight is 553 g/mol. The summed E-state index contributed by atoms with van der Waals surface area (Å²) < 4.78 is 0.503. The fourth-order valence-electron chi connectivity index (χ4n) is 5.07. The number of aromatic hydroxyl groups is 2. The molecule has 0 saturated heterocycles. The summed E-state index contributed by atoms with van der Waals surface area (Å²) in [5.41, 5.74) is 12.1. The summed E-state index contributed by atoms with van der Waals surface area (Å²) in [6.45, 7) is 0. The second-order valence-corrected chi connectivity index (χ2v) is 9.63. The number of amides is 2. The maximum atomic E-state index is 13.8. The van der Waals surface area contributed by atoms with Gasteiger partial charge < -0.3 is 26.4 Å². The molecule has 2 amide bonds. The first-order valence-corrected chi connectivity index (χ1v) is 13.1. The molecule has 0 aliphatic rings. The highest BCUT2D eigenvalue weighted by atomic mass is 16.3. The molecule has 6 aromatic rings. The van der Waals surface area contributed by atoms with Gasteiger partial charge in [0, 0.05) is 22.1 Å². The lowest BCUT2D eigenvalue weighted by atomic mass is 9.97. The minimum atomic E-state index is -0.613. The van der Waals surface area contributed by atoms with Crippen LogP contribution in [0.4, 0.5) is 22.7 Å². The van der Waals surface area contributed by atoms with Gasteiger partial charge in [0.1, 0.15) is 11.1 Å². The molecular formula is C34H24N4O4. The normalized spacial score (nSPS) is 10.9. The van der Waals surface area contributed by atoms with E-state index < -0.39 is 23.3 Å². The van der Waals surface area contributed by atoms with Crippen molar-refractivity contribution in [2.75, 3.05) is 10.6 Å². The number of nitrogens with zero attached hydrogens (tertiary/aromatic N) is 2. The van der Waals surface area contributed by atoms with Crippen LogP contribution in [0, 0.1) is 0 Å². The van der Waals surface area contributed by atoms with E-state index in [9.17, 15) is 25.3 Å². The fraction of sp³-hybridized carbons (Fsp3) is 0. The fourth-order valence-corrected chi connectivity index (χ4v) is 5.07. The van der Waals surface area contributed by atoms with Gasteiger partial charge in [-0.2, -0.15) is 0 Å². The molecule has 4 N–H and O–H groups in total. The Labute approximate surface area is 240 Å². The molecule has 0 bridgehead atoms. The number of nitrogens with one attached hydrogen (secondary N) is 2. The molecule has 42 heavy (non-hydrogen) atoms. The van der Waals surface area contributed by atoms with Gasteiger partial charge in [-0.25, -0.2) is 4.70 Å². The van der Waals surface area contributed by atoms with Crippen LogP contribution in [-0.2, 0) is 0 Å². The van der Waals surface area contributed by atoms with E-state index in [2.05, 4.69) is 10.6 Å². The highest BCUT2D eigenvalue weighted by Crippen LogP contribution is 2.44. The summed E-state index contributed by atoms with van der Waals surface area (Å²) in [6.07, 6.45) is 0. The molecule has 0 heterocycles. The molecular weight excluding hydrogens is 528 g/mol. The van der Waals surface area contributed by atoms with E-state index in [4.69, 9.17) is 0 Å². The van der Waals surface area contributed by atoms with Crippen LogP contribution in [0.3, 0.4) is 0 Å². The number of rotatable bonds is 6. The van der Waals surface area contributed by atoms with Crippen LogP contribution < -0.4 is 15.3 Å². The molecule has 0 saturated carbocycles. The quantitative estimate of drug-likeness (QED) is 0.124. The Morgan fingerprint density at radius 2 is 0.905 bits per heavy atom. The Bertz CT molecular complexity index is 1860. The number of carbonyl (C=O) groups excluding carboxylic acids is 2. The van der Waals surface area contributed by atoms with Gasteiger partial charge in [-0.3, -0.25) is 9.59 Å². The number of phenolic OH excluding ortho intramolecular Hbond substituents is 2. The zero-order valence-corrected chi connectivity index (χ0v) is 22.2. The lowest BCUT2D eigenvalue weighted by molar-refractivity contribution is 0.102. The highest BCUT2D eigenvalue weighted by molar-refractivity contribution is 6.20. The standard InChI is InChI=1S/C34H24N4O4/c35-38(31-27(39)19-21-11-7-9-17-25(21)29(31)33(41)36-23-13-3-1-4-14-23)32-28(40)20-22-12-8-10-18-26(22)30(32)34(42)37-24-15-5-2-6-16-24/h1-20,39-40H,(H,36,41)(H,37,42). The van der Waals surface area contributed by atoms with Gasteiger partial charge in [-0.15, -0.1) is 0 Å². The zero-order chi connectivity index (χ0) is 29.2. The summed E-state index contributed by atoms with van der Waals surface area (Å²) in [7, 11) is 0. The average Bonchev–Trinajstić information content (AvgIpc) is 3.00. The van der Waals surface area contributed by atoms with Crippen molar-refractivity contribution >= 4 is 56.1 Å². The summed E-state index contributed by atoms with van der Waals surface area (Å²) in [6, 6.07) is 34.2. The molecule has 0 spiro atoms. The van der Waals surface area contributed by atoms with Gasteiger partial charge >= 0.3 is 0 Å². The van der Waals surface area contributed by atoms with Crippen LogP contribution in [0.25, 0.3) is 27.1 Å². The number of hydrogen-bond donors (Lipinski definition) is 4. The maximum absolute atomic E-state index is 13.8. The summed E-state index contributed by atoms with van der Waals surface area (Å²) in [4.78, 5) is 27.6. The van der Waals surface area contributed by atoms with Crippen LogP contribution in [0.2, 0.25) is 0 Å². The monoisotopic (exact) mass is 552 g/mol. The van der Waals surface area contributed by atoms with Crippen molar-refractivity contribution in [2.24, 2.45) is 0 Å². The zero-order valence-electron chi connectivity index (χ0n) is 22.2. The molecule has 0 aliphatic carbocycles. The van der Waals surface area contributed by atoms with Crippen LogP contribution in [0.15, 0.2) is 121 Å².